The second-order valence-corrected chi connectivity index (χ2v) is 3.59. The van der Waals surface area contributed by atoms with Gasteiger partial charge in [-0.3, -0.25) is 10.1 Å². The molecule has 0 saturated heterocycles. The summed E-state index contributed by atoms with van der Waals surface area (Å²) in [5.74, 6) is 0. The van der Waals surface area contributed by atoms with Gasteiger partial charge in [0.2, 0.25) is 0 Å². The van der Waals surface area contributed by atoms with Crippen molar-refractivity contribution in [1.82, 2.24) is 0 Å². The maximum Gasteiger partial charge on any atom is 0.252 e. The second-order valence-electron chi connectivity index (χ2n) is 2.65. The Labute approximate surface area is 87.0 Å². The van der Waals surface area contributed by atoms with E-state index in [1.807, 2.05) is 30.3 Å². The van der Waals surface area contributed by atoms with Gasteiger partial charge in [0.25, 0.3) is 5.70 Å². The van der Waals surface area contributed by atoms with Crippen molar-refractivity contribution in [2.75, 3.05) is 0 Å². The number of allylic oxidation sites excluding steroid dienone is 1. The standard InChI is InChI=1S/C10H11NO2S/c1-2-9(11(12)13)8-14-10-6-4-3-5-7-10/h3-8H,2H2,1H3. The molecule has 1 aromatic rings. The maximum atomic E-state index is 10.5. The molecule has 0 unspecified atom stereocenters. The molecule has 0 aliphatic heterocycles. The fourth-order valence-corrected chi connectivity index (χ4v) is 1.73. The largest absolute Gasteiger partial charge is 0.259 e. The van der Waals surface area contributed by atoms with Gasteiger partial charge in [-0.1, -0.05) is 36.9 Å². The Bertz CT molecular complexity index is 335. The molecule has 0 aliphatic rings. The lowest BCUT2D eigenvalue weighted by Crippen LogP contribution is -1.95. The number of nitro groups is 1. The predicted molar refractivity (Wildman–Crippen MR) is 57.7 cm³/mol. The van der Waals surface area contributed by atoms with Gasteiger partial charge in [0.05, 0.1) is 4.92 Å². The summed E-state index contributed by atoms with van der Waals surface area (Å²) in [7, 11) is 0. The van der Waals surface area contributed by atoms with Crippen LogP contribution >= 0.6 is 11.8 Å². The van der Waals surface area contributed by atoms with E-state index in [1.54, 1.807) is 12.3 Å². The highest BCUT2D eigenvalue weighted by molar-refractivity contribution is 8.02. The number of hydrogen-bond acceptors (Lipinski definition) is 3. The fraction of sp³-hybridized carbons (Fsp3) is 0.200. The van der Waals surface area contributed by atoms with Crippen molar-refractivity contribution < 1.29 is 4.92 Å². The highest BCUT2D eigenvalue weighted by Gasteiger charge is 2.06. The van der Waals surface area contributed by atoms with Crippen molar-refractivity contribution >= 4 is 11.8 Å². The lowest BCUT2D eigenvalue weighted by atomic mass is 10.4. The minimum atomic E-state index is -0.337. The van der Waals surface area contributed by atoms with Gasteiger partial charge in [-0.15, -0.1) is 0 Å². The van der Waals surface area contributed by atoms with Gasteiger partial charge < -0.3 is 0 Å². The van der Waals surface area contributed by atoms with Gasteiger partial charge in [0.15, 0.2) is 0 Å². The molecular formula is C10H11NO2S. The Hall–Kier alpha value is -1.29. The number of thioether (sulfide) groups is 1. The van der Waals surface area contributed by atoms with Crippen LogP contribution in [0.4, 0.5) is 0 Å². The Balaban J connectivity index is 2.66. The molecule has 0 aliphatic carbocycles. The van der Waals surface area contributed by atoms with Gasteiger partial charge in [-0.05, 0) is 12.1 Å². The van der Waals surface area contributed by atoms with Crippen LogP contribution in [0.2, 0.25) is 0 Å². The molecule has 1 rings (SSSR count). The first kappa shape index (κ1) is 10.8. The van der Waals surface area contributed by atoms with E-state index in [0.717, 1.165) is 4.90 Å². The van der Waals surface area contributed by atoms with Crippen molar-refractivity contribution in [1.29, 1.82) is 0 Å². The van der Waals surface area contributed by atoms with Crippen molar-refractivity contribution in [2.24, 2.45) is 0 Å². The SMILES string of the molecule is CCC(=CSc1ccccc1)[N+](=O)[O-]. The van der Waals surface area contributed by atoms with Crippen LogP contribution in [0, 0.1) is 10.1 Å². The monoisotopic (exact) mass is 209 g/mol. The zero-order valence-electron chi connectivity index (χ0n) is 7.84. The van der Waals surface area contributed by atoms with E-state index < -0.39 is 0 Å². The van der Waals surface area contributed by atoms with E-state index in [9.17, 15) is 10.1 Å². The fourth-order valence-electron chi connectivity index (χ4n) is 0.891. The topological polar surface area (TPSA) is 43.1 Å². The number of hydrogen-bond donors (Lipinski definition) is 0. The average Bonchev–Trinajstić information content (AvgIpc) is 2.20. The number of nitrogens with zero attached hydrogens (tertiary/aromatic N) is 1. The van der Waals surface area contributed by atoms with Crippen LogP contribution in [-0.4, -0.2) is 4.92 Å². The van der Waals surface area contributed by atoms with Crippen molar-refractivity contribution in [3.8, 4) is 0 Å². The summed E-state index contributed by atoms with van der Waals surface area (Å²) < 4.78 is 0. The molecule has 0 amide bonds. The molecule has 74 valence electrons. The summed E-state index contributed by atoms with van der Waals surface area (Å²) in [6.07, 6.45) is 0.451. The van der Waals surface area contributed by atoms with E-state index in [4.69, 9.17) is 0 Å². The summed E-state index contributed by atoms with van der Waals surface area (Å²) in [5.41, 5.74) is 0.249. The lowest BCUT2D eigenvalue weighted by molar-refractivity contribution is -0.427. The highest BCUT2D eigenvalue weighted by Crippen LogP contribution is 2.21. The summed E-state index contributed by atoms with van der Waals surface area (Å²) >= 11 is 1.38. The van der Waals surface area contributed by atoms with Crippen molar-refractivity contribution in [3.05, 3.63) is 51.6 Å². The number of rotatable bonds is 4. The van der Waals surface area contributed by atoms with Gasteiger partial charge in [-0.2, -0.15) is 0 Å². The quantitative estimate of drug-likeness (QED) is 0.434. The van der Waals surface area contributed by atoms with E-state index >= 15 is 0 Å². The summed E-state index contributed by atoms with van der Waals surface area (Å²) in [6.45, 7) is 1.78. The summed E-state index contributed by atoms with van der Waals surface area (Å²) in [5, 5.41) is 12.1. The molecule has 0 saturated carbocycles. The van der Waals surface area contributed by atoms with Gasteiger partial charge in [0, 0.05) is 16.7 Å². The molecule has 0 atom stereocenters. The molecule has 0 aromatic heterocycles. The normalized spacial score (nSPS) is 11.4. The minimum absolute atomic E-state index is 0.249. The van der Waals surface area contributed by atoms with Crippen LogP contribution in [0.3, 0.4) is 0 Å². The first-order valence-electron chi connectivity index (χ1n) is 4.29. The van der Waals surface area contributed by atoms with E-state index in [-0.39, 0.29) is 10.6 Å². The van der Waals surface area contributed by atoms with Crippen LogP contribution in [0.25, 0.3) is 0 Å². The zero-order valence-corrected chi connectivity index (χ0v) is 8.66. The van der Waals surface area contributed by atoms with Crippen LogP contribution in [0.1, 0.15) is 13.3 Å². The first-order valence-corrected chi connectivity index (χ1v) is 5.17. The van der Waals surface area contributed by atoms with Crippen molar-refractivity contribution in [2.45, 2.75) is 18.2 Å². The Morgan fingerprint density at radius 2 is 2.14 bits per heavy atom. The zero-order chi connectivity index (χ0) is 10.4. The lowest BCUT2D eigenvalue weighted by Gasteiger charge is -1.95. The van der Waals surface area contributed by atoms with Crippen LogP contribution in [0.5, 0.6) is 0 Å². The van der Waals surface area contributed by atoms with Gasteiger partial charge >= 0.3 is 0 Å². The molecule has 0 radical (unpaired) electrons. The third-order valence-corrected chi connectivity index (χ3v) is 2.61. The smallest absolute Gasteiger partial charge is 0.252 e. The third kappa shape index (κ3) is 3.22. The molecular weight excluding hydrogens is 198 g/mol. The average molecular weight is 209 g/mol. The van der Waals surface area contributed by atoms with Gasteiger partial charge in [-0.25, -0.2) is 0 Å². The van der Waals surface area contributed by atoms with E-state index in [1.165, 1.54) is 11.8 Å². The van der Waals surface area contributed by atoms with E-state index in [0.29, 0.717) is 6.42 Å². The number of benzene rings is 1. The van der Waals surface area contributed by atoms with E-state index in [2.05, 4.69) is 0 Å². The van der Waals surface area contributed by atoms with Crippen LogP contribution in [0.15, 0.2) is 46.3 Å². The molecule has 4 heteroatoms. The summed E-state index contributed by atoms with van der Waals surface area (Å²) in [4.78, 5) is 11.2. The molecule has 0 bridgehead atoms. The summed E-state index contributed by atoms with van der Waals surface area (Å²) in [6, 6.07) is 9.59. The Morgan fingerprint density at radius 3 is 2.64 bits per heavy atom. The molecule has 1 aromatic carbocycles. The molecule has 3 nitrogen and oxygen atoms in total. The Kier molecular flexibility index (Phi) is 4.19. The predicted octanol–water partition coefficient (Wildman–Crippen LogP) is 3.31. The van der Waals surface area contributed by atoms with Crippen molar-refractivity contribution in [3.63, 3.8) is 0 Å². The third-order valence-electron chi connectivity index (χ3n) is 1.67. The van der Waals surface area contributed by atoms with Gasteiger partial charge in [0.1, 0.15) is 0 Å². The molecule has 0 N–H and O–H groups in total. The second kappa shape index (κ2) is 5.44. The molecule has 0 spiro atoms. The highest BCUT2D eigenvalue weighted by atomic mass is 32.2. The molecule has 0 heterocycles. The Morgan fingerprint density at radius 1 is 1.50 bits per heavy atom. The first-order chi connectivity index (χ1) is 6.74. The van der Waals surface area contributed by atoms with Crippen LogP contribution < -0.4 is 0 Å². The molecule has 14 heavy (non-hydrogen) atoms. The maximum absolute atomic E-state index is 10.5. The molecule has 0 fully saturated rings. The minimum Gasteiger partial charge on any atom is -0.259 e. The van der Waals surface area contributed by atoms with Crippen LogP contribution in [-0.2, 0) is 0 Å².